The standard InChI is InChI=1S/C18H12Br2N2O3/c19-13-6-5-10(7-11-3-1-2-4-15(11)20)12(8-13)9-14-16(23)21-18(25)22-17(14)24/h1-6,8-9H,7H2,(H2,21,22,23,24,25). The van der Waals surface area contributed by atoms with Crippen molar-refractivity contribution in [3.05, 3.63) is 73.7 Å². The summed E-state index contributed by atoms with van der Waals surface area (Å²) in [5.74, 6) is -1.42. The Balaban J connectivity index is 2.01. The van der Waals surface area contributed by atoms with Crippen LogP contribution in [0, 0.1) is 0 Å². The van der Waals surface area contributed by atoms with E-state index in [-0.39, 0.29) is 5.57 Å². The van der Waals surface area contributed by atoms with Crippen LogP contribution in [-0.2, 0) is 16.0 Å². The number of rotatable bonds is 3. The molecule has 0 unspecified atom stereocenters. The van der Waals surface area contributed by atoms with E-state index in [1.165, 1.54) is 6.08 Å². The van der Waals surface area contributed by atoms with Crippen LogP contribution in [0.4, 0.5) is 4.79 Å². The van der Waals surface area contributed by atoms with Gasteiger partial charge in [-0.15, -0.1) is 0 Å². The first-order valence-corrected chi connectivity index (χ1v) is 8.93. The fourth-order valence-electron chi connectivity index (χ4n) is 2.47. The van der Waals surface area contributed by atoms with Gasteiger partial charge in [0.15, 0.2) is 0 Å². The van der Waals surface area contributed by atoms with E-state index in [0.717, 1.165) is 25.6 Å². The lowest BCUT2D eigenvalue weighted by molar-refractivity contribution is -0.123. The molecule has 1 aliphatic heterocycles. The summed E-state index contributed by atoms with van der Waals surface area (Å²) < 4.78 is 1.80. The van der Waals surface area contributed by atoms with Gasteiger partial charge in [0.2, 0.25) is 0 Å². The molecule has 1 fully saturated rings. The zero-order chi connectivity index (χ0) is 18.0. The van der Waals surface area contributed by atoms with Crippen LogP contribution in [0.3, 0.4) is 0 Å². The second kappa shape index (κ2) is 7.33. The molecule has 0 spiro atoms. The molecule has 1 aliphatic rings. The predicted octanol–water partition coefficient (Wildman–Crippen LogP) is 3.55. The Hall–Kier alpha value is -2.25. The smallest absolute Gasteiger partial charge is 0.273 e. The number of carbonyl (C=O) groups excluding carboxylic acids is 3. The van der Waals surface area contributed by atoms with Crippen LogP contribution >= 0.6 is 31.9 Å². The van der Waals surface area contributed by atoms with E-state index in [0.29, 0.717) is 6.42 Å². The molecule has 5 nitrogen and oxygen atoms in total. The molecule has 0 bridgehead atoms. The predicted molar refractivity (Wildman–Crippen MR) is 101 cm³/mol. The number of benzene rings is 2. The summed E-state index contributed by atoms with van der Waals surface area (Å²) in [5.41, 5.74) is 2.64. The van der Waals surface area contributed by atoms with Gasteiger partial charge >= 0.3 is 6.03 Å². The summed E-state index contributed by atoms with van der Waals surface area (Å²) in [4.78, 5) is 35.1. The molecule has 1 heterocycles. The van der Waals surface area contributed by atoms with E-state index in [2.05, 4.69) is 42.5 Å². The van der Waals surface area contributed by atoms with Crippen molar-refractivity contribution in [3.63, 3.8) is 0 Å². The Morgan fingerprint density at radius 1 is 0.880 bits per heavy atom. The highest BCUT2D eigenvalue weighted by Gasteiger charge is 2.27. The Kier molecular flexibility index (Phi) is 5.15. The van der Waals surface area contributed by atoms with Gasteiger partial charge in [0.25, 0.3) is 11.8 Å². The Bertz CT molecular complexity index is 900. The molecule has 0 aliphatic carbocycles. The van der Waals surface area contributed by atoms with Gasteiger partial charge in [0.1, 0.15) is 5.57 Å². The number of hydrogen-bond donors (Lipinski definition) is 2. The van der Waals surface area contributed by atoms with Crippen LogP contribution in [0.2, 0.25) is 0 Å². The third-order valence-electron chi connectivity index (χ3n) is 3.69. The van der Waals surface area contributed by atoms with Crippen molar-refractivity contribution >= 4 is 55.8 Å². The van der Waals surface area contributed by atoms with E-state index in [9.17, 15) is 14.4 Å². The van der Waals surface area contributed by atoms with Crippen LogP contribution in [0.5, 0.6) is 0 Å². The number of urea groups is 1. The van der Waals surface area contributed by atoms with Crippen molar-refractivity contribution in [1.29, 1.82) is 0 Å². The highest BCUT2D eigenvalue weighted by molar-refractivity contribution is 9.10. The summed E-state index contributed by atoms with van der Waals surface area (Å²) in [6.07, 6.45) is 2.12. The fraction of sp³-hybridized carbons (Fsp3) is 0.0556. The topological polar surface area (TPSA) is 75.3 Å². The van der Waals surface area contributed by atoms with Crippen molar-refractivity contribution in [2.45, 2.75) is 6.42 Å². The zero-order valence-electron chi connectivity index (χ0n) is 12.8. The van der Waals surface area contributed by atoms with Gasteiger partial charge in [-0.25, -0.2) is 4.79 Å². The van der Waals surface area contributed by atoms with Crippen molar-refractivity contribution in [2.75, 3.05) is 0 Å². The Morgan fingerprint density at radius 3 is 2.24 bits per heavy atom. The summed E-state index contributed by atoms with van der Waals surface area (Å²) in [7, 11) is 0. The first-order valence-electron chi connectivity index (χ1n) is 7.34. The Labute approximate surface area is 160 Å². The van der Waals surface area contributed by atoms with Crippen molar-refractivity contribution in [3.8, 4) is 0 Å². The quantitative estimate of drug-likeness (QED) is 0.539. The lowest BCUT2D eigenvalue weighted by Crippen LogP contribution is -2.51. The number of halogens is 2. The molecule has 4 amide bonds. The molecule has 2 N–H and O–H groups in total. The van der Waals surface area contributed by atoms with E-state index < -0.39 is 17.8 Å². The third-order valence-corrected chi connectivity index (χ3v) is 4.96. The van der Waals surface area contributed by atoms with Crippen LogP contribution in [0.1, 0.15) is 16.7 Å². The maximum absolute atomic E-state index is 11.9. The normalized spacial score (nSPS) is 14.2. The van der Waals surface area contributed by atoms with Gasteiger partial charge in [-0.2, -0.15) is 0 Å². The van der Waals surface area contributed by atoms with E-state index in [1.807, 2.05) is 42.5 Å². The molecular formula is C18H12Br2N2O3. The van der Waals surface area contributed by atoms with Gasteiger partial charge < -0.3 is 0 Å². The van der Waals surface area contributed by atoms with E-state index >= 15 is 0 Å². The maximum Gasteiger partial charge on any atom is 0.328 e. The highest BCUT2D eigenvalue weighted by atomic mass is 79.9. The zero-order valence-corrected chi connectivity index (χ0v) is 16.0. The number of nitrogens with one attached hydrogen (secondary N) is 2. The minimum Gasteiger partial charge on any atom is -0.273 e. The summed E-state index contributed by atoms with van der Waals surface area (Å²) in [6, 6.07) is 12.7. The largest absolute Gasteiger partial charge is 0.328 e. The van der Waals surface area contributed by atoms with Gasteiger partial charge in [-0.3, -0.25) is 20.2 Å². The van der Waals surface area contributed by atoms with Crippen LogP contribution in [-0.4, -0.2) is 17.8 Å². The number of amides is 4. The second-order valence-corrected chi connectivity index (χ2v) is 7.18. The molecular weight excluding hydrogens is 452 g/mol. The first kappa shape index (κ1) is 17.6. The van der Waals surface area contributed by atoms with Gasteiger partial charge in [0, 0.05) is 8.95 Å². The second-order valence-electron chi connectivity index (χ2n) is 5.41. The minimum absolute atomic E-state index is 0.105. The minimum atomic E-state index is -0.810. The van der Waals surface area contributed by atoms with Gasteiger partial charge in [-0.05, 0) is 47.4 Å². The number of carbonyl (C=O) groups is 3. The molecule has 0 radical (unpaired) electrons. The molecule has 1 saturated heterocycles. The monoisotopic (exact) mass is 462 g/mol. The number of imide groups is 2. The number of hydrogen-bond acceptors (Lipinski definition) is 3. The van der Waals surface area contributed by atoms with Crippen LogP contribution in [0.25, 0.3) is 6.08 Å². The molecule has 2 aromatic rings. The molecule has 0 atom stereocenters. The summed E-state index contributed by atoms with van der Waals surface area (Å²) in [5, 5.41) is 4.15. The molecule has 25 heavy (non-hydrogen) atoms. The van der Waals surface area contributed by atoms with Gasteiger partial charge in [0.05, 0.1) is 0 Å². The molecule has 0 aromatic heterocycles. The van der Waals surface area contributed by atoms with Crippen LogP contribution < -0.4 is 10.6 Å². The average Bonchev–Trinajstić information content (AvgIpc) is 2.55. The fourth-order valence-corrected chi connectivity index (χ4v) is 3.27. The highest BCUT2D eigenvalue weighted by Crippen LogP contribution is 2.25. The Morgan fingerprint density at radius 2 is 1.56 bits per heavy atom. The summed E-state index contributed by atoms with van der Waals surface area (Å²) >= 11 is 6.93. The van der Waals surface area contributed by atoms with Crippen molar-refractivity contribution in [2.24, 2.45) is 0 Å². The molecule has 7 heteroatoms. The lowest BCUT2D eigenvalue weighted by atomic mass is 9.97. The first-order chi connectivity index (χ1) is 11.9. The van der Waals surface area contributed by atoms with Crippen molar-refractivity contribution in [1.82, 2.24) is 10.6 Å². The van der Waals surface area contributed by atoms with E-state index in [4.69, 9.17) is 0 Å². The molecule has 126 valence electrons. The molecule has 2 aromatic carbocycles. The SMILES string of the molecule is O=C1NC(=O)C(=Cc2cc(Br)ccc2Cc2ccccc2Br)C(=O)N1. The van der Waals surface area contributed by atoms with Crippen molar-refractivity contribution < 1.29 is 14.4 Å². The maximum atomic E-state index is 11.9. The third kappa shape index (κ3) is 4.05. The molecule has 3 rings (SSSR count). The molecule has 0 saturated carbocycles. The number of barbiturate groups is 1. The van der Waals surface area contributed by atoms with Crippen LogP contribution in [0.15, 0.2) is 57.0 Å². The van der Waals surface area contributed by atoms with E-state index in [1.54, 1.807) is 0 Å². The summed E-state index contributed by atoms with van der Waals surface area (Å²) in [6.45, 7) is 0. The van der Waals surface area contributed by atoms with Gasteiger partial charge in [-0.1, -0.05) is 56.1 Å². The average molecular weight is 464 g/mol. The lowest BCUT2D eigenvalue weighted by Gasteiger charge is -2.15.